The van der Waals surface area contributed by atoms with Gasteiger partial charge in [-0.15, -0.1) is 23.1 Å². The Balaban J connectivity index is 1.56. The standard InChI is InChI=1S/C26H27Br2N3O2S3/c1-13(2)5-4-6-14(3)11-12-31-25(32)21-19(15-7-9-17(27)34-15)23-24(30-36-29-23)20(22(21)26(31)33)16-8-10-18(28)35-16/h7-9,13-14,18H,4-6,10-12H2,1-3H3. The summed E-state index contributed by atoms with van der Waals surface area (Å²) < 4.78 is 10.5. The fraction of sp³-hybridized carbons (Fsp3) is 0.462. The summed E-state index contributed by atoms with van der Waals surface area (Å²) in [6.45, 7) is 7.14. The Labute approximate surface area is 240 Å². The van der Waals surface area contributed by atoms with E-state index >= 15 is 0 Å². The highest BCUT2D eigenvalue weighted by atomic mass is 79.9. The number of allylic oxidation sites excluding steroid dienone is 1. The largest absolute Gasteiger partial charge is 0.274 e. The number of thioether (sulfide) groups is 1. The van der Waals surface area contributed by atoms with Crippen molar-refractivity contribution in [1.29, 1.82) is 0 Å². The maximum atomic E-state index is 13.9. The Bertz CT molecular complexity index is 1360. The number of carbonyl (C=O) groups is 2. The molecule has 190 valence electrons. The second kappa shape index (κ2) is 11.0. The number of aromatic nitrogens is 2. The summed E-state index contributed by atoms with van der Waals surface area (Å²) in [5.74, 6) is 0.735. The van der Waals surface area contributed by atoms with Gasteiger partial charge in [0.15, 0.2) is 0 Å². The molecular weight excluding hydrogens is 642 g/mol. The molecule has 0 saturated heterocycles. The van der Waals surface area contributed by atoms with E-state index in [-0.39, 0.29) is 16.0 Å². The molecule has 0 bridgehead atoms. The molecule has 5 nitrogen and oxygen atoms in total. The van der Waals surface area contributed by atoms with E-state index < -0.39 is 0 Å². The van der Waals surface area contributed by atoms with Crippen molar-refractivity contribution in [2.75, 3.05) is 6.54 Å². The fourth-order valence-electron chi connectivity index (χ4n) is 4.89. The van der Waals surface area contributed by atoms with E-state index in [0.717, 1.165) is 55.7 Å². The average molecular weight is 670 g/mol. The number of rotatable bonds is 9. The van der Waals surface area contributed by atoms with Gasteiger partial charge in [-0.05, 0) is 52.7 Å². The molecule has 1 aromatic carbocycles. The lowest BCUT2D eigenvalue weighted by Gasteiger charge is -2.18. The van der Waals surface area contributed by atoms with Gasteiger partial charge in [0.25, 0.3) is 11.8 Å². The molecule has 0 fully saturated rings. The van der Waals surface area contributed by atoms with Crippen molar-refractivity contribution < 1.29 is 9.59 Å². The third-order valence-electron chi connectivity index (χ3n) is 6.76. The SMILES string of the molecule is CC(C)CCCC(C)CCN1C(=O)c2c(c(-c3ccc(Br)s3)c3nsnc3c2C2=CCC(Br)S2)C1=O. The van der Waals surface area contributed by atoms with Gasteiger partial charge in [-0.25, -0.2) is 0 Å². The van der Waals surface area contributed by atoms with Gasteiger partial charge in [0.1, 0.15) is 11.0 Å². The average Bonchev–Trinajstić information content (AvgIpc) is 3.61. The number of amides is 2. The lowest BCUT2D eigenvalue weighted by atomic mass is 9.93. The quantitative estimate of drug-likeness (QED) is 0.168. The van der Waals surface area contributed by atoms with Gasteiger partial charge in [0.05, 0.1) is 30.8 Å². The topological polar surface area (TPSA) is 63.2 Å². The highest BCUT2D eigenvalue weighted by Crippen LogP contribution is 2.50. The van der Waals surface area contributed by atoms with Crippen molar-refractivity contribution in [2.24, 2.45) is 11.8 Å². The predicted molar refractivity (Wildman–Crippen MR) is 159 cm³/mol. The Morgan fingerprint density at radius 1 is 1.00 bits per heavy atom. The minimum Gasteiger partial charge on any atom is -0.274 e. The van der Waals surface area contributed by atoms with Crippen LogP contribution in [0.25, 0.3) is 26.4 Å². The van der Waals surface area contributed by atoms with Gasteiger partial charge in [0.2, 0.25) is 0 Å². The van der Waals surface area contributed by atoms with Crippen LogP contribution in [0.1, 0.15) is 79.2 Å². The Morgan fingerprint density at radius 3 is 2.31 bits per heavy atom. The third kappa shape index (κ3) is 5.00. The molecule has 2 unspecified atom stereocenters. The van der Waals surface area contributed by atoms with Crippen LogP contribution in [0.4, 0.5) is 0 Å². The van der Waals surface area contributed by atoms with Gasteiger partial charge in [-0.2, -0.15) is 8.75 Å². The highest BCUT2D eigenvalue weighted by molar-refractivity contribution is 9.11. The lowest BCUT2D eigenvalue weighted by molar-refractivity contribution is 0.0646. The molecule has 10 heteroatoms. The van der Waals surface area contributed by atoms with Crippen molar-refractivity contribution in [3.8, 4) is 10.4 Å². The van der Waals surface area contributed by atoms with Crippen LogP contribution in [0.15, 0.2) is 22.0 Å². The molecule has 5 rings (SSSR count). The van der Waals surface area contributed by atoms with Crippen LogP contribution >= 0.6 is 66.7 Å². The van der Waals surface area contributed by atoms with E-state index in [2.05, 4.69) is 67.5 Å². The summed E-state index contributed by atoms with van der Waals surface area (Å²) in [4.78, 5) is 31.3. The number of benzene rings is 1. The second-order valence-electron chi connectivity index (χ2n) is 9.88. The number of halogens is 2. The Morgan fingerprint density at radius 2 is 1.69 bits per heavy atom. The molecule has 2 aliphatic rings. The molecule has 0 aliphatic carbocycles. The maximum absolute atomic E-state index is 13.9. The summed E-state index contributed by atoms with van der Waals surface area (Å²) in [6.07, 6.45) is 7.29. The second-order valence-corrected chi connectivity index (χ2v) is 15.8. The van der Waals surface area contributed by atoms with Gasteiger partial charge < -0.3 is 0 Å². The van der Waals surface area contributed by atoms with Gasteiger partial charge >= 0.3 is 0 Å². The van der Waals surface area contributed by atoms with Crippen molar-refractivity contribution in [1.82, 2.24) is 13.6 Å². The Kier molecular flexibility index (Phi) is 8.08. The van der Waals surface area contributed by atoms with E-state index in [9.17, 15) is 9.59 Å². The molecule has 0 radical (unpaired) electrons. The molecule has 2 aliphatic heterocycles. The van der Waals surface area contributed by atoms with Crippen LogP contribution in [0.3, 0.4) is 0 Å². The maximum Gasteiger partial charge on any atom is 0.262 e. The molecule has 3 aromatic rings. The summed E-state index contributed by atoms with van der Waals surface area (Å²) in [5, 5.41) is 0. The fourth-order valence-corrected chi connectivity index (χ4v) is 8.65. The molecule has 0 N–H and O–H groups in total. The van der Waals surface area contributed by atoms with Gasteiger partial charge in [-0.3, -0.25) is 14.5 Å². The van der Waals surface area contributed by atoms with Crippen molar-refractivity contribution in [3.63, 3.8) is 0 Å². The van der Waals surface area contributed by atoms with Crippen LogP contribution in [0, 0.1) is 11.8 Å². The molecule has 2 atom stereocenters. The number of alkyl halides is 1. The first-order valence-electron chi connectivity index (χ1n) is 12.2. The highest BCUT2D eigenvalue weighted by Gasteiger charge is 2.43. The number of hydrogen-bond donors (Lipinski definition) is 0. The number of carbonyl (C=O) groups excluding carboxylic acids is 2. The molecule has 2 aromatic heterocycles. The smallest absolute Gasteiger partial charge is 0.262 e. The van der Waals surface area contributed by atoms with Crippen molar-refractivity contribution in [3.05, 3.63) is 38.7 Å². The molecular formula is C26H27Br2N3O2S3. The zero-order valence-corrected chi connectivity index (χ0v) is 26.0. The van der Waals surface area contributed by atoms with Gasteiger partial charge in [0, 0.05) is 27.5 Å². The van der Waals surface area contributed by atoms with E-state index in [4.69, 9.17) is 0 Å². The molecule has 0 spiro atoms. The summed E-state index contributed by atoms with van der Waals surface area (Å²) in [5.41, 5.74) is 3.89. The monoisotopic (exact) mass is 667 g/mol. The lowest BCUT2D eigenvalue weighted by Crippen LogP contribution is -2.31. The minimum atomic E-state index is -0.209. The molecule has 0 saturated carbocycles. The normalized spacial score (nSPS) is 18.6. The summed E-state index contributed by atoms with van der Waals surface area (Å²) in [7, 11) is 0. The van der Waals surface area contributed by atoms with Crippen LogP contribution in [0.2, 0.25) is 0 Å². The summed E-state index contributed by atoms with van der Waals surface area (Å²) >= 11 is 11.6. The summed E-state index contributed by atoms with van der Waals surface area (Å²) in [6, 6.07) is 3.95. The number of fused-ring (bicyclic) bond motifs is 2. The number of thiophene rings is 1. The van der Waals surface area contributed by atoms with E-state index in [0.29, 0.717) is 40.5 Å². The number of imide groups is 1. The van der Waals surface area contributed by atoms with E-state index in [1.54, 1.807) is 23.1 Å². The molecule has 4 heterocycles. The van der Waals surface area contributed by atoms with E-state index in [1.807, 2.05) is 12.1 Å². The first kappa shape index (κ1) is 26.5. The Hall–Kier alpha value is -1.07. The first-order valence-corrected chi connectivity index (χ1v) is 16.3. The van der Waals surface area contributed by atoms with Gasteiger partial charge in [-0.1, -0.05) is 62.0 Å². The molecule has 2 amide bonds. The number of hydrogen-bond acceptors (Lipinski definition) is 7. The third-order valence-corrected chi connectivity index (χ3v) is 10.9. The first-order chi connectivity index (χ1) is 17.3. The van der Waals surface area contributed by atoms with Crippen molar-refractivity contribution in [2.45, 2.75) is 57.0 Å². The predicted octanol–water partition coefficient (Wildman–Crippen LogP) is 8.83. The van der Waals surface area contributed by atoms with Crippen molar-refractivity contribution >= 4 is 94.4 Å². The minimum absolute atomic E-state index is 0.203. The molecule has 36 heavy (non-hydrogen) atoms. The number of nitrogens with zero attached hydrogens (tertiary/aromatic N) is 3. The zero-order chi connectivity index (χ0) is 25.6. The van der Waals surface area contributed by atoms with Crippen LogP contribution in [-0.2, 0) is 0 Å². The van der Waals surface area contributed by atoms with E-state index in [1.165, 1.54) is 17.7 Å². The zero-order valence-electron chi connectivity index (χ0n) is 20.3. The van der Waals surface area contributed by atoms with Crippen LogP contribution in [-0.4, -0.2) is 36.2 Å². The van der Waals surface area contributed by atoms with Crippen LogP contribution < -0.4 is 0 Å². The van der Waals surface area contributed by atoms with Crippen LogP contribution in [0.5, 0.6) is 0 Å².